The molecule has 1 N–H and O–H groups in total. The Labute approximate surface area is 844 Å². The molecular weight excluding hydrogens is 1790 g/mol. The fourth-order valence-corrected chi connectivity index (χ4v) is 17.7. The Morgan fingerprint density at radius 1 is 0.277 bits per heavy atom. The van der Waals surface area contributed by atoms with Crippen LogP contribution in [-0.2, 0) is 38.1 Å². The summed E-state index contributed by atoms with van der Waals surface area (Å²) >= 11 is 0. The van der Waals surface area contributed by atoms with Crippen LogP contribution in [0, 0.1) is 69.2 Å². The van der Waals surface area contributed by atoms with Crippen LogP contribution in [0.4, 0.5) is 53.1 Å². The lowest BCUT2D eigenvalue weighted by Gasteiger charge is -2.39. The number of Topliss-reactive ketones (excluding diaryl/α,β-unsaturated/α-hetero) is 1. The number of pyridine rings is 5. The first-order chi connectivity index (χ1) is 65.0. The lowest BCUT2D eigenvalue weighted by Crippen LogP contribution is -2.50. The smallest absolute Gasteiger partial charge is 0.410 e. The molecule has 0 aromatic carbocycles. The van der Waals surface area contributed by atoms with Crippen LogP contribution in [0.3, 0.4) is 0 Å². The number of rotatable bonds is 18. The minimum atomic E-state index is -0.501. The van der Waals surface area contributed by atoms with Crippen LogP contribution in [0.15, 0.2) is 30.3 Å². The molecule has 4 atom stereocenters. The number of ketones is 1. The molecule has 5 aromatic heterocycles. The molecule has 2 unspecified atom stereocenters. The van der Waals surface area contributed by atoms with Gasteiger partial charge in [0.1, 0.15) is 57.1 Å². The molecule has 0 bridgehead atoms. The number of nitrogens with one attached hydrogen (secondary N) is 1. The van der Waals surface area contributed by atoms with Crippen molar-refractivity contribution in [3.8, 4) is 0 Å². The predicted octanol–water partition coefficient (Wildman–Crippen LogP) is 19.0. The molecule has 788 valence electrons. The van der Waals surface area contributed by atoms with Crippen LogP contribution in [0.1, 0.15) is 328 Å². The highest BCUT2D eigenvalue weighted by Crippen LogP contribution is 2.38. The highest BCUT2D eigenvalue weighted by molar-refractivity contribution is 5.99. The number of aromatic nitrogens is 5. The topological polar surface area (TPSA) is 318 Å². The van der Waals surface area contributed by atoms with Gasteiger partial charge in [-0.25, -0.2) is 48.9 Å². The maximum absolute atomic E-state index is 12.4. The van der Waals surface area contributed by atoms with E-state index in [9.17, 15) is 43.2 Å². The summed E-state index contributed by atoms with van der Waals surface area (Å²) in [5, 5.41) is 3.59. The van der Waals surface area contributed by atoms with Crippen LogP contribution in [0.25, 0.3) is 0 Å². The zero-order valence-electron chi connectivity index (χ0n) is 93.9. The van der Waals surface area contributed by atoms with E-state index in [1.807, 2.05) is 201 Å². The van der Waals surface area contributed by atoms with E-state index in [1.165, 1.54) is 11.1 Å². The predicted molar refractivity (Wildman–Crippen MR) is 564 cm³/mol. The number of piperazine rings is 5. The number of carbonyl (C=O) groups is 9. The van der Waals surface area contributed by atoms with Gasteiger partial charge in [-0.05, 0) is 307 Å². The van der Waals surface area contributed by atoms with Gasteiger partial charge in [-0.2, -0.15) is 0 Å². The van der Waals surface area contributed by atoms with Crippen molar-refractivity contribution < 1.29 is 66.8 Å². The third-order valence-electron chi connectivity index (χ3n) is 25.3. The average molecular weight is 1970 g/mol. The van der Waals surface area contributed by atoms with Gasteiger partial charge in [-0.1, -0.05) is 13.8 Å². The summed E-state index contributed by atoms with van der Waals surface area (Å²) in [5.74, 6) is 4.63. The van der Waals surface area contributed by atoms with E-state index in [1.54, 1.807) is 52.2 Å². The average Bonchev–Trinajstić information content (AvgIpc) is 0.789. The van der Waals surface area contributed by atoms with Crippen molar-refractivity contribution in [1.82, 2.24) is 69.4 Å². The zero-order valence-corrected chi connectivity index (χ0v) is 93.9. The van der Waals surface area contributed by atoms with E-state index in [-0.39, 0.29) is 96.3 Å². The van der Waals surface area contributed by atoms with E-state index in [2.05, 4.69) is 135 Å². The largest absolute Gasteiger partial charge is 0.444 e. The van der Waals surface area contributed by atoms with Gasteiger partial charge >= 0.3 is 30.5 Å². The summed E-state index contributed by atoms with van der Waals surface area (Å²) in [4.78, 5) is 160. The van der Waals surface area contributed by atoms with Gasteiger partial charge in [0.15, 0.2) is 5.78 Å². The molecule has 5 aliphatic rings. The summed E-state index contributed by atoms with van der Waals surface area (Å²) in [7, 11) is 0. The molecule has 5 aliphatic heterocycles. The molecule has 0 spiro atoms. The Balaban J connectivity index is 0.000000271. The second-order valence-electron chi connectivity index (χ2n) is 44.4. The molecule has 5 saturated heterocycles. The maximum atomic E-state index is 12.4. The number of ether oxygens (including phenoxy) is 5. The van der Waals surface area contributed by atoms with Gasteiger partial charge in [-0.3, -0.25) is 19.2 Å². The van der Waals surface area contributed by atoms with E-state index in [4.69, 9.17) is 43.6 Å². The van der Waals surface area contributed by atoms with Crippen molar-refractivity contribution in [2.75, 3.05) is 155 Å². The van der Waals surface area contributed by atoms with Crippen LogP contribution < -0.4 is 29.8 Å². The molecule has 0 saturated carbocycles. The number of amides is 8. The van der Waals surface area contributed by atoms with E-state index in [0.717, 1.165) is 110 Å². The molecule has 5 aromatic rings. The Morgan fingerprint density at radius 2 is 0.454 bits per heavy atom. The van der Waals surface area contributed by atoms with Crippen molar-refractivity contribution in [2.24, 2.45) is 0 Å². The third kappa shape index (κ3) is 35.0. The van der Waals surface area contributed by atoms with Gasteiger partial charge in [0, 0.05) is 233 Å². The number of hydrogen-bond acceptors (Lipinski definition) is 25. The van der Waals surface area contributed by atoms with Crippen molar-refractivity contribution in [3.05, 3.63) is 114 Å². The summed E-state index contributed by atoms with van der Waals surface area (Å²) in [6.45, 7) is 92.5. The van der Waals surface area contributed by atoms with Crippen molar-refractivity contribution in [2.45, 2.75) is 360 Å². The first-order valence-corrected chi connectivity index (χ1v) is 50.7. The molecule has 0 aliphatic carbocycles. The SMILES string of the molecule is CC(=O)N(C(C)C)C(C)c1cc(C)c(C)nc1N1CCN(C(=O)OC(C)(C)C)CC1.CC(=O)N(C(C)C)[C@@H](C)c1cc(C)c(C)nc1N1CCN(C(=O)OC(C)(C)C)CC1.CC(=O)N(C(C)C)[C@H](C)c1cc(C)c(C)nc1N1CCN(C(=O)OC(C)(C)C)CC1.CC(=O)c1cc(C)c(C)nc1N1CCN(C(=O)OC(C)(C)C)CC1.Cc1cc(C(C)NC(C)C)c(N2CCN(C(=O)OC(C)(C)C)CC2)nc1C. The monoisotopic (exact) mass is 1960 g/mol. The standard InChI is InChI=1S/3C23H38N4O3.C21H36N4O2.C18H27N3O3/c3*1-15(2)27(19(6)28)18(5)20-14-16(3)17(4)24-21(20)25-10-12-26(13-11-25)22(29)30-23(7,8)9;1-14(2)22-17(5)18-13-15(3)16(4)23-19(18)24-9-11-25(12-10-24)20(26)27-21(6,7)8;1-12-11-15(14(3)22)16(19-13(12)2)20-7-9-21(10-8-20)17(23)24-18(4,5)6/h3*14-15,18H,10-13H2,1-9H3;13-14,17,22H,9-12H2,1-8H3;11H,7-10H2,1-6H3/t2*18-;;;/m10.../s1. The molecule has 8 amide bonds. The first-order valence-electron chi connectivity index (χ1n) is 50.7. The summed E-state index contributed by atoms with van der Waals surface area (Å²) in [5.41, 5.74) is 13.0. The van der Waals surface area contributed by atoms with Crippen molar-refractivity contribution in [3.63, 3.8) is 0 Å². The molecule has 33 nitrogen and oxygen atoms in total. The summed E-state index contributed by atoms with van der Waals surface area (Å²) < 4.78 is 27.4. The fraction of sp³-hybridized carbons (Fsp3) is 0.685. The second-order valence-corrected chi connectivity index (χ2v) is 44.4. The molecular formula is C108H177N19O14. The Kier molecular flexibility index (Phi) is 42.5. The third-order valence-corrected chi connectivity index (χ3v) is 25.3. The normalized spacial score (nSPS) is 16.0. The minimum Gasteiger partial charge on any atom is -0.444 e. The van der Waals surface area contributed by atoms with Crippen molar-refractivity contribution >= 4 is 83.1 Å². The number of anilines is 5. The second kappa shape index (κ2) is 50.4. The highest BCUT2D eigenvalue weighted by atomic mass is 16.6. The van der Waals surface area contributed by atoms with E-state index >= 15 is 0 Å². The van der Waals surface area contributed by atoms with Gasteiger partial charge in [0.05, 0.1) is 23.7 Å². The first kappa shape index (κ1) is 119. The van der Waals surface area contributed by atoms with Gasteiger partial charge in [-0.15, -0.1) is 0 Å². The van der Waals surface area contributed by atoms with Crippen LogP contribution in [-0.4, -0.2) is 301 Å². The quantitative estimate of drug-likeness (QED) is 0.0629. The summed E-state index contributed by atoms with van der Waals surface area (Å²) in [6, 6.07) is 11.2. The van der Waals surface area contributed by atoms with Gasteiger partial charge < -0.3 is 92.7 Å². The molecule has 0 radical (unpaired) electrons. The Hall–Kier alpha value is -10.9. The maximum Gasteiger partial charge on any atom is 0.410 e. The lowest BCUT2D eigenvalue weighted by molar-refractivity contribution is -0.133. The number of nitrogens with zero attached hydrogens (tertiary/aromatic N) is 18. The van der Waals surface area contributed by atoms with Gasteiger partial charge in [0.2, 0.25) is 17.7 Å². The van der Waals surface area contributed by atoms with Gasteiger partial charge in [0.25, 0.3) is 0 Å². The molecule has 5 fully saturated rings. The molecule has 141 heavy (non-hydrogen) atoms. The van der Waals surface area contributed by atoms with Crippen LogP contribution >= 0.6 is 0 Å². The van der Waals surface area contributed by atoms with Crippen molar-refractivity contribution in [1.29, 1.82) is 0 Å². The lowest BCUT2D eigenvalue weighted by atomic mass is 10.0. The van der Waals surface area contributed by atoms with E-state index in [0.29, 0.717) is 129 Å². The Morgan fingerprint density at radius 3 is 0.631 bits per heavy atom. The van der Waals surface area contributed by atoms with Crippen LogP contribution in [0.2, 0.25) is 0 Å². The zero-order chi connectivity index (χ0) is 107. The molecule has 10 heterocycles. The van der Waals surface area contributed by atoms with E-state index < -0.39 is 28.0 Å². The molecule has 10 rings (SSSR count). The minimum absolute atomic E-state index is 0.00942. The number of carbonyl (C=O) groups excluding carboxylic acids is 9. The Bertz CT molecular complexity index is 4770. The number of hydrogen-bond donors (Lipinski definition) is 1. The number of aryl methyl sites for hydroxylation is 10. The summed E-state index contributed by atoms with van der Waals surface area (Å²) in [6.07, 6.45) is -1.34. The molecule has 33 heteroatoms. The fourth-order valence-electron chi connectivity index (χ4n) is 17.7. The van der Waals surface area contributed by atoms with Crippen LogP contribution in [0.5, 0.6) is 0 Å². The highest BCUT2D eigenvalue weighted by Gasteiger charge is 2.38.